The van der Waals surface area contributed by atoms with Crippen molar-refractivity contribution in [1.29, 1.82) is 0 Å². The van der Waals surface area contributed by atoms with Crippen LogP contribution >= 0.6 is 11.6 Å². The SMILES string of the molecule is COc1cc(-c2cc(=O)c3cc(OCc4c(F)cccc4Cl)ccc3o2)cc(OC)c1OC. The Balaban J connectivity index is 1.69. The zero-order valence-corrected chi connectivity index (χ0v) is 18.9. The Morgan fingerprint density at radius 2 is 1.67 bits per heavy atom. The fraction of sp³-hybridized carbons (Fsp3) is 0.160. The first-order chi connectivity index (χ1) is 15.9. The quantitative estimate of drug-likeness (QED) is 0.337. The van der Waals surface area contributed by atoms with Crippen molar-refractivity contribution in [2.45, 2.75) is 6.61 Å². The van der Waals surface area contributed by atoms with Gasteiger partial charge in [0.2, 0.25) is 5.75 Å². The van der Waals surface area contributed by atoms with Gasteiger partial charge in [0.15, 0.2) is 16.9 Å². The van der Waals surface area contributed by atoms with E-state index in [-0.39, 0.29) is 22.6 Å². The third-order valence-corrected chi connectivity index (χ3v) is 5.45. The lowest BCUT2D eigenvalue weighted by Crippen LogP contribution is -2.03. The summed E-state index contributed by atoms with van der Waals surface area (Å²) in [6.45, 7) is -0.0775. The molecule has 6 nitrogen and oxygen atoms in total. The Morgan fingerprint density at radius 3 is 2.30 bits per heavy atom. The van der Waals surface area contributed by atoms with Crippen LogP contribution in [0.5, 0.6) is 23.0 Å². The van der Waals surface area contributed by atoms with E-state index >= 15 is 0 Å². The average Bonchev–Trinajstić information content (AvgIpc) is 2.82. The van der Waals surface area contributed by atoms with E-state index in [1.807, 2.05) is 0 Å². The molecule has 0 aliphatic carbocycles. The van der Waals surface area contributed by atoms with E-state index in [2.05, 4.69) is 0 Å². The van der Waals surface area contributed by atoms with Crippen LogP contribution in [0.2, 0.25) is 5.02 Å². The van der Waals surface area contributed by atoms with Crippen LogP contribution in [-0.4, -0.2) is 21.3 Å². The molecule has 0 bridgehead atoms. The third kappa shape index (κ3) is 4.45. The van der Waals surface area contributed by atoms with Crippen molar-refractivity contribution in [2.24, 2.45) is 0 Å². The summed E-state index contributed by atoms with van der Waals surface area (Å²) >= 11 is 6.04. The second-order valence-electron chi connectivity index (χ2n) is 7.04. The number of rotatable bonds is 7. The van der Waals surface area contributed by atoms with E-state index in [0.717, 1.165) is 0 Å². The van der Waals surface area contributed by atoms with Crippen LogP contribution in [0, 0.1) is 5.82 Å². The minimum atomic E-state index is -0.460. The number of fused-ring (bicyclic) bond motifs is 1. The van der Waals surface area contributed by atoms with E-state index in [9.17, 15) is 9.18 Å². The van der Waals surface area contributed by atoms with Crippen LogP contribution in [-0.2, 0) is 6.61 Å². The van der Waals surface area contributed by atoms with Crippen molar-refractivity contribution in [3.63, 3.8) is 0 Å². The molecule has 0 saturated carbocycles. The maximum atomic E-state index is 14.0. The zero-order valence-electron chi connectivity index (χ0n) is 18.1. The Morgan fingerprint density at radius 1 is 0.939 bits per heavy atom. The number of ether oxygens (including phenoxy) is 4. The predicted octanol–water partition coefficient (Wildman–Crippen LogP) is 5.86. The molecule has 0 aliphatic rings. The Bertz CT molecular complexity index is 1340. The van der Waals surface area contributed by atoms with Crippen LogP contribution in [0.15, 0.2) is 63.8 Å². The van der Waals surface area contributed by atoms with E-state index in [1.54, 1.807) is 36.4 Å². The van der Waals surface area contributed by atoms with Crippen LogP contribution in [0.3, 0.4) is 0 Å². The van der Waals surface area contributed by atoms with Crippen LogP contribution in [0.25, 0.3) is 22.3 Å². The molecular formula is C25H20ClFO6. The van der Waals surface area contributed by atoms with Gasteiger partial charge in [0.25, 0.3) is 0 Å². The summed E-state index contributed by atoms with van der Waals surface area (Å²) in [6, 6.07) is 14.0. The molecule has 3 aromatic carbocycles. The molecule has 0 unspecified atom stereocenters. The van der Waals surface area contributed by atoms with Gasteiger partial charge in [0.1, 0.15) is 29.5 Å². The molecular weight excluding hydrogens is 451 g/mol. The summed E-state index contributed by atoms with van der Waals surface area (Å²) < 4.78 is 41.7. The minimum Gasteiger partial charge on any atom is -0.493 e. The van der Waals surface area contributed by atoms with Crippen molar-refractivity contribution in [3.05, 3.63) is 81.2 Å². The van der Waals surface area contributed by atoms with Crippen LogP contribution in [0.1, 0.15) is 5.56 Å². The highest BCUT2D eigenvalue weighted by molar-refractivity contribution is 6.31. The van der Waals surface area contributed by atoms with Crippen molar-refractivity contribution in [2.75, 3.05) is 21.3 Å². The molecule has 4 rings (SSSR count). The zero-order chi connectivity index (χ0) is 23.5. The minimum absolute atomic E-state index is 0.0775. The Hall–Kier alpha value is -3.71. The van der Waals surface area contributed by atoms with Crippen molar-refractivity contribution < 1.29 is 27.8 Å². The standard InChI is InChI=1S/C25H20ClFO6/c1-29-23-9-14(10-24(30-2)25(23)31-3)22-12-20(28)16-11-15(7-8-21(16)33-22)32-13-17-18(26)5-4-6-19(17)27/h4-12H,13H2,1-3H3. The number of benzene rings is 3. The van der Waals surface area contributed by atoms with Gasteiger partial charge in [-0.15, -0.1) is 0 Å². The highest BCUT2D eigenvalue weighted by Gasteiger charge is 2.17. The fourth-order valence-electron chi connectivity index (χ4n) is 3.42. The van der Waals surface area contributed by atoms with E-state index in [1.165, 1.54) is 39.5 Å². The topological polar surface area (TPSA) is 67.1 Å². The van der Waals surface area contributed by atoms with Gasteiger partial charge >= 0.3 is 0 Å². The monoisotopic (exact) mass is 470 g/mol. The third-order valence-electron chi connectivity index (χ3n) is 5.09. The number of hydrogen-bond acceptors (Lipinski definition) is 6. The molecule has 170 valence electrons. The van der Waals surface area contributed by atoms with Gasteiger partial charge in [0, 0.05) is 17.2 Å². The van der Waals surface area contributed by atoms with Gasteiger partial charge in [-0.05, 0) is 42.5 Å². The first-order valence-electron chi connectivity index (χ1n) is 9.89. The van der Waals surface area contributed by atoms with E-state index < -0.39 is 5.82 Å². The molecule has 0 amide bonds. The first kappa shape index (κ1) is 22.5. The Labute approximate surface area is 194 Å². The molecule has 1 aromatic heterocycles. The predicted molar refractivity (Wildman–Crippen MR) is 123 cm³/mol. The lowest BCUT2D eigenvalue weighted by atomic mass is 10.1. The smallest absolute Gasteiger partial charge is 0.203 e. The number of methoxy groups -OCH3 is 3. The number of hydrogen-bond donors (Lipinski definition) is 0. The lowest BCUT2D eigenvalue weighted by molar-refractivity contribution is 0.300. The van der Waals surface area contributed by atoms with Gasteiger partial charge < -0.3 is 23.4 Å². The van der Waals surface area contributed by atoms with Gasteiger partial charge in [-0.3, -0.25) is 4.79 Å². The second kappa shape index (κ2) is 9.42. The van der Waals surface area contributed by atoms with Crippen molar-refractivity contribution >= 4 is 22.6 Å². The molecule has 8 heteroatoms. The van der Waals surface area contributed by atoms with Crippen molar-refractivity contribution in [3.8, 4) is 34.3 Å². The molecule has 1 heterocycles. The maximum absolute atomic E-state index is 14.0. The summed E-state index contributed by atoms with van der Waals surface area (Å²) in [6.07, 6.45) is 0. The van der Waals surface area contributed by atoms with Gasteiger partial charge in [-0.25, -0.2) is 4.39 Å². The average molecular weight is 471 g/mol. The normalized spacial score (nSPS) is 10.8. The van der Waals surface area contributed by atoms with E-state index in [0.29, 0.717) is 45.3 Å². The first-order valence-corrected chi connectivity index (χ1v) is 10.3. The molecule has 0 atom stereocenters. The van der Waals surface area contributed by atoms with Gasteiger partial charge in [0.05, 0.1) is 31.7 Å². The lowest BCUT2D eigenvalue weighted by Gasteiger charge is -2.14. The summed E-state index contributed by atoms with van der Waals surface area (Å²) in [5, 5.41) is 0.591. The molecule has 0 aliphatic heterocycles. The van der Waals surface area contributed by atoms with Crippen LogP contribution < -0.4 is 24.4 Å². The fourth-order valence-corrected chi connectivity index (χ4v) is 3.63. The highest BCUT2D eigenvalue weighted by atomic mass is 35.5. The summed E-state index contributed by atoms with van der Waals surface area (Å²) in [4.78, 5) is 12.9. The number of halogens is 2. The summed E-state index contributed by atoms with van der Waals surface area (Å²) in [7, 11) is 4.53. The Kier molecular flexibility index (Phi) is 6.42. The largest absolute Gasteiger partial charge is 0.493 e. The van der Waals surface area contributed by atoms with Gasteiger partial charge in [-0.1, -0.05) is 17.7 Å². The van der Waals surface area contributed by atoms with Crippen molar-refractivity contribution in [1.82, 2.24) is 0 Å². The van der Waals surface area contributed by atoms with Gasteiger partial charge in [-0.2, -0.15) is 0 Å². The maximum Gasteiger partial charge on any atom is 0.203 e. The second-order valence-corrected chi connectivity index (χ2v) is 7.44. The molecule has 0 N–H and O–H groups in total. The molecule has 0 spiro atoms. The summed E-state index contributed by atoms with van der Waals surface area (Å²) in [5.41, 5.74) is 0.916. The van der Waals surface area contributed by atoms with Crippen LogP contribution in [0.4, 0.5) is 4.39 Å². The molecule has 0 saturated heterocycles. The highest BCUT2D eigenvalue weighted by Crippen LogP contribution is 2.41. The molecule has 4 aromatic rings. The molecule has 33 heavy (non-hydrogen) atoms. The molecule has 0 radical (unpaired) electrons. The molecule has 0 fully saturated rings. The summed E-state index contributed by atoms with van der Waals surface area (Å²) in [5.74, 6) is 1.56. The van der Waals surface area contributed by atoms with E-state index in [4.69, 9.17) is 35.0 Å².